The molecule has 0 radical (unpaired) electrons. The molecule has 0 spiro atoms. The number of rotatable bonds is 15. The topological polar surface area (TPSA) is 61.4 Å². The summed E-state index contributed by atoms with van der Waals surface area (Å²) in [5, 5.41) is 5.91. The highest BCUT2D eigenvalue weighted by molar-refractivity contribution is 5.86. The first-order valence-electron chi connectivity index (χ1n) is 16.4. The summed E-state index contributed by atoms with van der Waals surface area (Å²) in [6.45, 7) is 9.58. The molecule has 2 aliphatic rings. The molecule has 9 heteroatoms. The number of hydrogen-bond donors (Lipinski definition) is 1. The standard InChI is InChI=1S/C38H46N2O5.2ClH/c1-2-5-30(6-3-1)28-42-20-4-21-43-35-12-10-33(11-13-35)37-15-16-39-27-38(37)45-29-31-7-8-32-9-14-36(26-34(32)25-31)44-24-19-40-17-22-41-23-18-40;;/h1-3,5-14,25-26,37-39H,4,15-24,27-29H2;2*1H. The van der Waals surface area contributed by atoms with Gasteiger partial charge >= 0.3 is 0 Å². The number of benzene rings is 4. The average molecular weight is 684 g/mol. The van der Waals surface area contributed by atoms with Crippen molar-refractivity contribution in [2.24, 2.45) is 0 Å². The van der Waals surface area contributed by atoms with E-state index in [1.54, 1.807) is 0 Å². The Morgan fingerprint density at radius 1 is 0.723 bits per heavy atom. The number of nitrogens with one attached hydrogen (secondary N) is 1. The number of piperidine rings is 1. The van der Waals surface area contributed by atoms with Gasteiger partial charge in [-0.15, -0.1) is 24.8 Å². The second-order valence-corrected chi connectivity index (χ2v) is 11.9. The summed E-state index contributed by atoms with van der Waals surface area (Å²) in [7, 11) is 0. The van der Waals surface area contributed by atoms with Crippen LogP contribution in [-0.4, -0.2) is 76.8 Å². The van der Waals surface area contributed by atoms with Crippen LogP contribution in [0.2, 0.25) is 0 Å². The quantitative estimate of drug-likeness (QED) is 0.135. The van der Waals surface area contributed by atoms with Crippen molar-refractivity contribution < 1.29 is 23.7 Å². The summed E-state index contributed by atoms with van der Waals surface area (Å²) >= 11 is 0. The minimum Gasteiger partial charge on any atom is -0.494 e. The molecule has 6 rings (SSSR count). The maximum Gasteiger partial charge on any atom is 0.120 e. The highest BCUT2D eigenvalue weighted by Gasteiger charge is 2.27. The van der Waals surface area contributed by atoms with E-state index in [2.05, 4.69) is 83.0 Å². The Balaban J connectivity index is 0.00000250. The predicted molar refractivity (Wildman–Crippen MR) is 193 cm³/mol. The number of hydrogen-bond acceptors (Lipinski definition) is 7. The van der Waals surface area contributed by atoms with Gasteiger partial charge in [0.05, 0.1) is 45.7 Å². The van der Waals surface area contributed by atoms with E-state index < -0.39 is 0 Å². The Hall–Kier alpha value is -2.88. The second-order valence-electron chi connectivity index (χ2n) is 11.9. The highest BCUT2D eigenvalue weighted by Crippen LogP contribution is 2.30. The van der Waals surface area contributed by atoms with Gasteiger partial charge in [-0.2, -0.15) is 0 Å². The zero-order chi connectivity index (χ0) is 30.5. The molecule has 2 saturated heterocycles. The molecule has 47 heavy (non-hydrogen) atoms. The van der Waals surface area contributed by atoms with Crippen LogP contribution >= 0.6 is 24.8 Å². The molecule has 0 amide bonds. The molecule has 2 fully saturated rings. The Bertz CT molecular complexity index is 1450. The van der Waals surface area contributed by atoms with Gasteiger partial charge < -0.3 is 29.0 Å². The van der Waals surface area contributed by atoms with E-state index in [4.69, 9.17) is 23.7 Å². The smallest absolute Gasteiger partial charge is 0.120 e. The van der Waals surface area contributed by atoms with E-state index in [0.717, 1.165) is 70.3 Å². The molecule has 254 valence electrons. The van der Waals surface area contributed by atoms with Gasteiger partial charge in [-0.25, -0.2) is 0 Å². The van der Waals surface area contributed by atoms with E-state index in [9.17, 15) is 0 Å². The van der Waals surface area contributed by atoms with Gasteiger partial charge in [-0.05, 0) is 70.8 Å². The first-order chi connectivity index (χ1) is 22.3. The predicted octanol–water partition coefficient (Wildman–Crippen LogP) is 7.04. The lowest BCUT2D eigenvalue weighted by Crippen LogP contribution is -2.40. The third-order valence-corrected chi connectivity index (χ3v) is 8.67. The summed E-state index contributed by atoms with van der Waals surface area (Å²) < 4.78 is 29.9. The highest BCUT2D eigenvalue weighted by atomic mass is 35.5. The third-order valence-electron chi connectivity index (χ3n) is 8.67. The molecule has 4 aromatic rings. The fourth-order valence-corrected chi connectivity index (χ4v) is 6.09. The van der Waals surface area contributed by atoms with Crippen molar-refractivity contribution in [3.05, 3.63) is 108 Å². The second kappa shape index (κ2) is 19.8. The van der Waals surface area contributed by atoms with Gasteiger partial charge in [0.2, 0.25) is 0 Å². The molecule has 4 aromatic carbocycles. The molecule has 2 atom stereocenters. The fraction of sp³-hybridized carbons (Fsp3) is 0.421. The average Bonchev–Trinajstić information content (AvgIpc) is 3.10. The molecule has 0 saturated carbocycles. The number of morpholine rings is 1. The van der Waals surface area contributed by atoms with Gasteiger partial charge in [-0.1, -0.05) is 60.7 Å². The Morgan fingerprint density at radius 2 is 1.49 bits per heavy atom. The maximum atomic E-state index is 6.56. The molecule has 2 aliphatic heterocycles. The fourth-order valence-electron chi connectivity index (χ4n) is 6.09. The number of ether oxygens (including phenoxy) is 5. The minimum atomic E-state index is 0. The molecular formula is C38H48Cl2N2O5. The van der Waals surface area contributed by atoms with Gasteiger partial charge in [0, 0.05) is 38.5 Å². The van der Waals surface area contributed by atoms with Gasteiger partial charge in [0.25, 0.3) is 0 Å². The Morgan fingerprint density at radius 3 is 2.32 bits per heavy atom. The van der Waals surface area contributed by atoms with Crippen LogP contribution in [0, 0.1) is 0 Å². The number of halogens is 2. The first kappa shape index (κ1) is 36.9. The van der Waals surface area contributed by atoms with Crippen molar-refractivity contribution in [3.63, 3.8) is 0 Å². The number of nitrogens with zero attached hydrogens (tertiary/aromatic N) is 1. The van der Waals surface area contributed by atoms with Gasteiger partial charge in [-0.3, -0.25) is 4.90 Å². The lowest BCUT2D eigenvalue weighted by Gasteiger charge is -2.32. The van der Waals surface area contributed by atoms with Crippen LogP contribution in [0.1, 0.15) is 35.4 Å². The molecule has 0 bridgehead atoms. The molecule has 7 nitrogen and oxygen atoms in total. The van der Waals surface area contributed by atoms with Crippen LogP contribution in [0.5, 0.6) is 11.5 Å². The summed E-state index contributed by atoms with van der Waals surface area (Å²) in [4.78, 5) is 2.39. The van der Waals surface area contributed by atoms with Crippen molar-refractivity contribution >= 4 is 35.6 Å². The van der Waals surface area contributed by atoms with Crippen molar-refractivity contribution in [1.82, 2.24) is 10.2 Å². The van der Waals surface area contributed by atoms with Crippen LogP contribution in [0.25, 0.3) is 10.8 Å². The zero-order valence-corrected chi connectivity index (χ0v) is 28.7. The summed E-state index contributed by atoms with van der Waals surface area (Å²) in [6.07, 6.45) is 2.02. The SMILES string of the molecule is Cl.Cl.c1ccc(COCCCOc2ccc(C3CCNCC3OCc3ccc4ccc(OCCN5CCOCC5)cc4c3)cc2)cc1. The largest absolute Gasteiger partial charge is 0.494 e. The lowest BCUT2D eigenvalue weighted by molar-refractivity contribution is 0.0106. The monoisotopic (exact) mass is 682 g/mol. The lowest BCUT2D eigenvalue weighted by atomic mass is 9.87. The van der Waals surface area contributed by atoms with Crippen LogP contribution in [0.3, 0.4) is 0 Å². The Labute approximate surface area is 291 Å². The molecule has 0 aliphatic carbocycles. The van der Waals surface area contributed by atoms with Crippen LogP contribution < -0.4 is 14.8 Å². The normalized spacial score (nSPS) is 18.2. The van der Waals surface area contributed by atoms with E-state index in [1.807, 2.05) is 18.2 Å². The molecule has 2 unspecified atom stereocenters. The van der Waals surface area contributed by atoms with E-state index in [-0.39, 0.29) is 30.9 Å². The first-order valence-corrected chi connectivity index (χ1v) is 16.4. The summed E-state index contributed by atoms with van der Waals surface area (Å²) in [6, 6.07) is 31.8. The molecule has 1 N–H and O–H groups in total. The summed E-state index contributed by atoms with van der Waals surface area (Å²) in [5.41, 5.74) is 3.67. The van der Waals surface area contributed by atoms with Crippen LogP contribution in [0.4, 0.5) is 0 Å². The molecular weight excluding hydrogens is 635 g/mol. The van der Waals surface area contributed by atoms with Crippen LogP contribution in [-0.2, 0) is 27.4 Å². The van der Waals surface area contributed by atoms with Crippen LogP contribution in [0.15, 0.2) is 91.0 Å². The van der Waals surface area contributed by atoms with E-state index >= 15 is 0 Å². The number of fused-ring (bicyclic) bond motifs is 1. The van der Waals surface area contributed by atoms with Crippen molar-refractivity contribution in [1.29, 1.82) is 0 Å². The maximum absolute atomic E-state index is 6.56. The molecule has 0 aromatic heterocycles. The van der Waals surface area contributed by atoms with Crippen molar-refractivity contribution in [3.8, 4) is 11.5 Å². The van der Waals surface area contributed by atoms with Gasteiger partial charge in [0.15, 0.2) is 0 Å². The molecule has 2 heterocycles. The third kappa shape index (κ3) is 11.4. The van der Waals surface area contributed by atoms with E-state index in [1.165, 1.54) is 27.5 Å². The summed E-state index contributed by atoms with van der Waals surface area (Å²) in [5.74, 6) is 2.15. The van der Waals surface area contributed by atoms with Crippen molar-refractivity contribution in [2.75, 3.05) is 65.8 Å². The minimum absolute atomic E-state index is 0. The van der Waals surface area contributed by atoms with E-state index in [0.29, 0.717) is 39.0 Å². The van der Waals surface area contributed by atoms with Crippen molar-refractivity contribution in [2.45, 2.75) is 38.1 Å². The zero-order valence-electron chi connectivity index (χ0n) is 27.0. The Kier molecular flexibility index (Phi) is 15.6. The van der Waals surface area contributed by atoms with Gasteiger partial charge in [0.1, 0.15) is 18.1 Å².